The number of carbonyl (C=O) groups excluding carboxylic acids is 1. The number of aldehydes is 1. The van der Waals surface area contributed by atoms with Crippen LogP contribution in [-0.4, -0.2) is 67.2 Å². The summed E-state index contributed by atoms with van der Waals surface area (Å²) in [6.07, 6.45) is 3.22. The molecule has 0 saturated carbocycles. The Balaban J connectivity index is 1.48. The first-order valence-corrected chi connectivity index (χ1v) is 13.0. The van der Waals surface area contributed by atoms with Crippen LogP contribution in [0.1, 0.15) is 16.7 Å². The molecule has 0 radical (unpaired) electrons. The fourth-order valence-corrected chi connectivity index (χ4v) is 4.39. The lowest BCUT2D eigenvalue weighted by Crippen LogP contribution is -2.46. The molecular weight excluding hydrogens is 476 g/mol. The first kappa shape index (κ1) is 26.9. The zero-order valence-corrected chi connectivity index (χ0v) is 22.2. The van der Waals surface area contributed by atoms with Crippen molar-refractivity contribution in [1.29, 1.82) is 0 Å². The molecule has 0 aromatic heterocycles. The topological polar surface area (TPSA) is 68.6 Å². The number of hydrogen-bond acceptors (Lipinski definition) is 7. The Morgan fingerprint density at radius 3 is 2.34 bits per heavy atom. The van der Waals surface area contributed by atoms with Gasteiger partial charge in [0.1, 0.15) is 11.4 Å². The van der Waals surface area contributed by atoms with E-state index in [9.17, 15) is 9.90 Å². The third-order valence-corrected chi connectivity index (χ3v) is 6.71. The molecule has 7 nitrogen and oxygen atoms in total. The van der Waals surface area contributed by atoms with Gasteiger partial charge in [0.15, 0.2) is 12.0 Å². The Bertz CT molecular complexity index is 1230. The van der Waals surface area contributed by atoms with Crippen molar-refractivity contribution in [2.75, 3.05) is 44.8 Å². The number of nitrogens with zero attached hydrogens (tertiary/aromatic N) is 4. The van der Waals surface area contributed by atoms with Gasteiger partial charge in [0, 0.05) is 51.8 Å². The first-order chi connectivity index (χ1) is 18.5. The number of piperazine rings is 1. The van der Waals surface area contributed by atoms with Crippen LogP contribution in [0.2, 0.25) is 0 Å². The number of aromatic hydroxyl groups is 1. The van der Waals surface area contributed by atoms with E-state index in [1.54, 1.807) is 17.3 Å². The third-order valence-electron chi connectivity index (χ3n) is 6.71. The lowest BCUT2D eigenvalue weighted by atomic mass is 10.1. The number of hydrazone groups is 1. The maximum Gasteiger partial charge on any atom is 0.186 e. The van der Waals surface area contributed by atoms with Crippen LogP contribution in [0.3, 0.4) is 0 Å². The third kappa shape index (κ3) is 7.46. The molecule has 0 aliphatic carbocycles. The van der Waals surface area contributed by atoms with Crippen LogP contribution in [-0.2, 0) is 22.5 Å². The molecule has 3 aromatic rings. The molecule has 7 heteroatoms. The van der Waals surface area contributed by atoms with Crippen LogP contribution in [0.5, 0.6) is 5.75 Å². The fourth-order valence-electron chi connectivity index (χ4n) is 4.39. The molecule has 0 amide bonds. The number of rotatable bonds is 11. The minimum Gasteiger partial charge on any atom is -0.508 e. The number of anilines is 1. The number of carbonyl (C=O) groups is 1. The summed E-state index contributed by atoms with van der Waals surface area (Å²) >= 11 is 0. The molecular formula is C31H36N4O3. The number of aryl methyl sites for hydroxylation is 1. The Labute approximate surface area is 225 Å². The van der Waals surface area contributed by atoms with Gasteiger partial charge in [0.25, 0.3) is 0 Å². The van der Waals surface area contributed by atoms with E-state index in [0.29, 0.717) is 44.1 Å². The van der Waals surface area contributed by atoms with Gasteiger partial charge in [-0.15, -0.1) is 0 Å². The Hall–Kier alpha value is -4.10. The second-order valence-electron chi connectivity index (χ2n) is 9.45. The molecule has 198 valence electrons. The highest BCUT2D eigenvalue weighted by Crippen LogP contribution is 2.20. The summed E-state index contributed by atoms with van der Waals surface area (Å²) in [6, 6.07) is 25.6. The highest BCUT2D eigenvalue weighted by atomic mass is 16.5. The summed E-state index contributed by atoms with van der Waals surface area (Å²) in [6.45, 7) is 6.14. The number of hydrogen-bond donors (Lipinski definition) is 1. The summed E-state index contributed by atoms with van der Waals surface area (Å²) in [5.74, 6) is 0.605. The van der Waals surface area contributed by atoms with Gasteiger partial charge in [-0.05, 0) is 30.7 Å². The molecule has 4 rings (SSSR count). The lowest BCUT2D eigenvalue weighted by Gasteiger charge is -2.36. The Morgan fingerprint density at radius 1 is 0.974 bits per heavy atom. The van der Waals surface area contributed by atoms with Gasteiger partial charge >= 0.3 is 0 Å². The maximum atomic E-state index is 12.2. The van der Waals surface area contributed by atoms with Crippen molar-refractivity contribution >= 4 is 18.2 Å². The Kier molecular flexibility index (Phi) is 9.54. The number of ether oxygens (including phenoxy) is 1. The molecule has 0 spiro atoms. The van der Waals surface area contributed by atoms with Crippen LogP contribution in [0.15, 0.2) is 95.4 Å². The van der Waals surface area contributed by atoms with Gasteiger partial charge < -0.3 is 14.7 Å². The smallest absolute Gasteiger partial charge is 0.186 e. The van der Waals surface area contributed by atoms with Crippen LogP contribution >= 0.6 is 0 Å². The quantitative estimate of drug-likeness (QED) is 0.133. The van der Waals surface area contributed by atoms with Gasteiger partial charge in [-0.25, -0.2) is 0 Å². The van der Waals surface area contributed by atoms with Crippen LogP contribution in [0.4, 0.5) is 5.69 Å². The summed E-state index contributed by atoms with van der Waals surface area (Å²) in [5.41, 5.74) is 4.91. The highest BCUT2D eigenvalue weighted by molar-refractivity contribution is 5.87. The summed E-state index contributed by atoms with van der Waals surface area (Å²) in [4.78, 5) is 16.7. The zero-order valence-electron chi connectivity index (χ0n) is 22.2. The zero-order chi connectivity index (χ0) is 26.7. The minimum atomic E-state index is 0.288. The molecule has 1 heterocycles. The van der Waals surface area contributed by atoms with Crippen molar-refractivity contribution in [1.82, 2.24) is 9.80 Å². The monoisotopic (exact) mass is 512 g/mol. The predicted octanol–water partition coefficient (Wildman–Crippen LogP) is 4.61. The van der Waals surface area contributed by atoms with Crippen LogP contribution < -0.4 is 5.01 Å². The van der Waals surface area contributed by atoms with E-state index >= 15 is 0 Å². The Morgan fingerprint density at radius 2 is 1.66 bits per heavy atom. The average molecular weight is 513 g/mol. The number of phenols is 1. The van der Waals surface area contributed by atoms with Gasteiger partial charge in [-0.3, -0.25) is 14.7 Å². The van der Waals surface area contributed by atoms with Gasteiger partial charge in [-0.1, -0.05) is 66.2 Å². The largest absolute Gasteiger partial charge is 0.508 e. The second-order valence-corrected chi connectivity index (χ2v) is 9.45. The molecule has 1 aliphatic rings. The molecule has 1 aliphatic heterocycles. The molecule has 1 N–H and O–H groups in total. The van der Waals surface area contributed by atoms with Crippen molar-refractivity contribution in [2.45, 2.75) is 19.9 Å². The van der Waals surface area contributed by atoms with Crippen molar-refractivity contribution in [3.05, 3.63) is 107 Å². The number of allylic oxidation sites excluding steroid dienone is 2. The maximum absolute atomic E-state index is 12.2. The second kappa shape index (κ2) is 13.4. The van der Waals surface area contributed by atoms with E-state index in [1.807, 2.05) is 55.6 Å². The van der Waals surface area contributed by atoms with E-state index in [0.717, 1.165) is 36.2 Å². The van der Waals surface area contributed by atoms with E-state index < -0.39 is 0 Å². The summed E-state index contributed by atoms with van der Waals surface area (Å²) in [7, 11) is 1.88. The SMILES string of the molecule is Cc1ccc(CCO/C(C=O)=C(/C=N\N(C)c2ccccc2)N2CCN(Cc3ccccc3O)CC2)cc1. The van der Waals surface area contributed by atoms with E-state index in [1.165, 1.54) is 5.56 Å². The molecule has 0 bridgehead atoms. The summed E-state index contributed by atoms with van der Waals surface area (Å²) in [5, 5.41) is 16.6. The van der Waals surface area contributed by atoms with Gasteiger partial charge in [-0.2, -0.15) is 5.10 Å². The van der Waals surface area contributed by atoms with Crippen LogP contribution in [0, 0.1) is 6.92 Å². The molecule has 1 fully saturated rings. The van der Waals surface area contributed by atoms with E-state index in [4.69, 9.17) is 4.74 Å². The predicted molar refractivity (Wildman–Crippen MR) is 152 cm³/mol. The average Bonchev–Trinajstić information content (AvgIpc) is 2.95. The van der Waals surface area contributed by atoms with Crippen molar-refractivity contribution in [2.24, 2.45) is 5.10 Å². The lowest BCUT2D eigenvalue weighted by molar-refractivity contribution is -0.108. The van der Waals surface area contributed by atoms with Crippen LogP contribution in [0.25, 0.3) is 0 Å². The normalized spacial score (nSPS) is 14.8. The highest BCUT2D eigenvalue weighted by Gasteiger charge is 2.22. The molecule has 1 saturated heterocycles. The van der Waals surface area contributed by atoms with Crippen molar-refractivity contribution < 1.29 is 14.6 Å². The first-order valence-electron chi connectivity index (χ1n) is 13.0. The van der Waals surface area contributed by atoms with Gasteiger partial charge in [0.2, 0.25) is 0 Å². The van der Waals surface area contributed by atoms with E-state index in [-0.39, 0.29) is 5.76 Å². The standard InChI is InChI=1S/C31H36N4O3/c1-25-12-14-26(15-13-25)16-21-38-31(24-36)29(22-32-33(2)28-9-4-3-5-10-28)35-19-17-34(18-20-35)23-27-8-6-7-11-30(27)37/h3-15,22,24,37H,16-21,23H2,1-2H3/b31-29-,32-22-. The molecule has 38 heavy (non-hydrogen) atoms. The summed E-state index contributed by atoms with van der Waals surface area (Å²) < 4.78 is 6.03. The fraction of sp³-hybridized carbons (Fsp3) is 0.290. The molecule has 0 unspecified atom stereocenters. The number of benzene rings is 3. The minimum absolute atomic E-state index is 0.288. The molecule has 0 atom stereocenters. The number of phenolic OH excluding ortho intramolecular Hbond substituents is 1. The number of para-hydroxylation sites is 2. The molecule has 3 aromatic carbocycles. The van der Waals surface area contributed by atoms with E-state index in [2.05, 4.69) is 46.1 Å². The van der Waals surface area contributed by atoms with Crippen molar-refractivity contribution in [3.63, 3.8) is 0 Å². The van der Waals surface area contributed by atoms with Crippen molar-refractivity contribution in [3.8, 4) is 5.75 Å². The van der Waals surface area contributed by atoms with Gasteiger partial charge in [0.05, 0.1) is 18.5 Å².